The lowest BCUT2D eigenvalue weighted by Crippen LogP contribution is -2.03. The van der Waals surface area contributed by atoms with Crippen LogP contribution < -0.4 is 5.32 Å². The van der Waals surface area contributed by atoms with Gasteiger partial charge in [0.05, 0.1) is 4.92 Å². The van der Waals surface area contributed by atoms with Gasteiger partial charge in [-0.15, -0.1) is 0 Å². The Labute approximate surface area is 93.4 Å². The predicted molar refractivity (Wildman–Crippen MR) is 61.5 cm³/mol. The van der Waals surface area contributed by atoms with E-state index in [1.54, 1.807) is 12.1 Å². The number of rotatable bonds is 5. The molecule has 1 rings (SSSR count). The van der Waals surface area contributed by atoms with Gasteiger partial charge < -0.3 is 5.32 Å². The molecule has 15 heavy (non-hydrogen) atoms. The summed E-state index contributed by atoms with van der Waals surface area (Å²) < 4.78 is 0. The maximum absolute atomic E-state index is 10.7. The van der Waals surface area contributed by atoms with Crippen molar-refractivity contribution in [3.8, 4) is 0 Å². The normalized spacial score (nSPS) is 10.0. The number of nitrogens with zero attached hydrogens (tertiary/aromatic N) is 1. The predicted octanol–water partition coefficient (Wildman–Crippen LogP) is 3.46. The van der Waals surface area contributed by atoms with Crippen LogP contribution in [0.1, 0.15) is 19.8 Å². The lowest BCUT2D eigenvalue weighted by Gasteiger charge is -2.06. The molecule has 4 nitrogen and oxygen atoms in total. The summed E-state index contributed by atoms with van der Waals surface area (Å²) in [5.74, 6) is 0. The van der Waals surface area contributed by atoms with Gasteiger partial charge >= 0.3 is 0 Å². The van der Waals surface area contributed by atoms with Crippen molar-refractivity contribution >= 4 is 23.0 Å². The molecule has 82 valence electrons. The van der Waals surface area contributed by atoms with Crippen LogP contribution in [0, 0.1) is 10.1 Å². The molecular weight excluding hydrogens is 216 g/mol. The Kier molecular flexibility index (Phi) is 4.37. The molecule has 1 aromatic rings. The van der Waals surface area contributed by atoms with Crippen molar-refractivity contribution in [1.82, 2.24) is 0 Å². The van der Waals surface area contributed by atoms with E-state index in [0.717, 1.165) is 19.4 Å². The van der Waals surface area contributed by atoms with Crippen molar-refractivity contribution in [2.24, 2.45) is 0 Å². The van der Waals surface area contributed by atoms with E-state index in [9.17, 15) is 10.1 Å². The summed E-state index contributed by atoms with van der Waals surface area (Å²) in [5.41, 5.74) is 0.552. The summed E-state index contributed by atoms with van der Waals surface area (Å²) >= 11 is 5.69. The highest BCUT2D eigenvalue weighted by Crippen LogP contribution is 2.27. The highest BCUT2D eigenvalue weighted by Gasteiger charge is 2.13. The van der Waals surface area contributed by atoms with Crippen LogP contribution in [0.2, 0.25) is 5.02 Å². The van der Waals surface area contributed by atoms with Crippen LogP contribution in [0.5, 0.6) is 0 Å². The molecule has 5 heteroatoms. The zero-order valence-corrected chi connectivity index (χ0v) is 9.25. The van der Waals surface area contributed by atoms with E-state index in [1.807, 2.05) is 0 Å². The average molecular weight is 229 g/mol. The Morgan fingerprint density at radius 3 is 2.87 bits per heavy atom. The Hall–Kier alpha value is -1.29. The van der Waals surface area contributed by atoms with E-state index in [4.69, 9.17) is 11.6 Å². The number of benzene rings is 1. The van der Waals surface area contributed by atoms with Gasteiger partial charge in [0.25, 0.3) is 5.69 Å². The van der Waals surface area contributed by atoms with Gasteiger partial charge in [-0.1, -0.05) is 24.9 Å². The number of halogens is 1. The van der Waals surface area contributed by atoms with Gasteiger partial charge in [0, 0.05) is 17.6 Å². The molecule has 0 saturated heterocycles. The number of nitro groups is 1. The van der Waals surface area contributed by atoms with Gasteiger partial charge in [0.1, 0.15) is 5.69 Å². The molecule has 0 amide bonds. The molecule has 0 aliphatic carbocycles. The minimum Gasteiger partial charge on any atom is -0.379 e. The van der Waals surface area contributed by atoms with Crippen molar-refractivity contribution in [2.45, 2.75) is 19.8 Å². The fourth-order valence-electron chi connectivity index (χ4n) is 1.21. The first-order chi connectivity index (χ1) is 7.15. The molecule has 0 aliphatic heterocycles. The third-order valence-electron chi connectivity index (χ3n) is 2.00. The smallest absolute Gasteiger partial charge is 0.293 e. The first-order valence-electron chi connectivity index (χ1n) is 4.83. The second-order valence-electron chi connectivity index (χ2n) is 3.20. The lowest BCUT2D eigenvalue weighted by atomic mass is 10.2. The van der Waals surface area contributed by atoms with E-state index in [1.165, 1.54) is 6.07 Å². The van der Waals surface area contributed by atoms with Crippen LogP contribution in [0.3, 0.4) is 0 Å². The van der Waals surface area contributed by atoms with Crippen LogP contribution in [0.25, 0.3) is 0 Å². The van der Waals surface area contributed by atoms with Crippen LogP contribution in [0.4, 0.5) is 11.4 Å². The lowest BCUT2D eigenvalue weighted by molar-refractivity contribution is -0.383. The first-order valence-corrected chi connectivity index (χ1v) is 5.20. The number of hydrogen-bond acceptors (Lipinski definition) is 3. The van der Waals surface area contributed by atoms with Crippen molar-refractivity contribution in [1.29, 1.82) is 0 Å². The largest absolute Gasteiger partial charge is 0.379 e. The molecule has 0 aromatic heterocycles. The Morgan fingerprint density at radius 2 is 2.27 bits per heavy atom. The fourth-order valence-corrected chi connectivity index (χ4v) is 1.37. The summed E-state index contributed by atoms with van der Waals surface area (Å²) in [7, 11) is 0. The number of anilines is 1. The van der Waals surface area contributed by atoms with E-state index < -0.39 is 4.92 Å². The molecule has 1 N–H and O–H groups in total. The maximum atomic E-state index is 10.7. The standard InChI is InChI=1S/C10H13ClN2O2/c1-2-3-6-12-9-5-4-8(11)7-10(9)13(14)15/h4-5,7,12H,2-3,6H2,1H3. The summed E-state index contributed by atoms with van der Waals surface area (Å²) in [6.07, 6.45) is 2.04. The monoisotopic (exact) mass is 228 g/mol. The van der Waals surface area contributed by atoms with Gasteiger partial charge in [0.15, 0.2) is 0 Å². The van der Waals surface area contributed by atoms with Gasteiger partial charge in [-0.25, -0.2) is 0 Å². The molecule has 0 atom stereocenters. The quantitative estimate of drug-likeness (QED) is 0.477. The summed E-state index contributed by atoms with van der Waals surface area (Å²) in [5, 5.41) is 14.1. The van der Waals surface area contributed by atoms with E-state index in [0.29, 0.717) is 10.7 Å². The fraction of sp³-hybridized carbons (Fsp3) is 0.400. The van der Waals surface area contributed by atoms with Crippen LogP contribution in [-0.4, -0.2) is 11.5 Å². The SMILES string of the molecule is CCCCNc1ccc(Cl)cc1[N+](=O)[O-]. The zero-order valence-electron chi connectivity index (χ0n) is 8.50. The Morgan fingerprint density at radius 1 is 1.53 bits per heavy atom. The van der Waals surface area contributed by atoms with Gasteiger partial charge in [-0.2, -0.15) is 0 Å². The zero-order chi connectivity index (χ0) is 11.3. The van der Waals surface area contributed by atoms with Crippen molar-refractivity contribution in [3.05, 3.63) is 33.3 Å². The number of nitrogens with one attached hydrogen (secondary N) is 1. The van der Waals surface area contributed by atoms with Gasteiger partial charge in [-0.3, -0.25) is 10.1 Å². The molecule has 0 radical (unpaired) electrons. The number of unbranched alkanes of at least 4 members (excludes halogenated alkanes) is 1. The van der Waals surface area contributed by atoms with Crippen molar-refractivity contribution in [2.75, 3.05) is 11.9 Å². The molecule has 0 unspecified atom stereocenters. The summed E-state index contributed by atoms with van der Waals surface area (Å²) in [6, 6.07) is 4.63. The Balaban J connectivity index is 2.81. The van der Waals surface area contributed by atoms with Crippen molar-refractivity contribution in [3.63, 3.8) is 0 Å². The van der Waals surface area contributed by atoms with Gasteiger partial charge in [0.2, 0.25) is 0 Å². The molecule has 0 spiro atoms. The average Bonchev–Trinajstić information content (AvgIpc) is 2.20. The topological polar surface area (TPSA) is 55.2 Å². The third kappa shape index (κ3) is 3.40. The molecule has 1 aromatic carbocycles. The first kappa shape index (κ1) is 11.8. The highest BCUT2D eigenvalue weighted by molar-refractivity contribution is 6.30. The van der Waals surface area contributed by atoms with Crippen LogP contribution >= 0.6 is 11.6 Å². The van der Waals surface area contributed by atoms with Gasteiger partial charge in [-0.05, 0) is 18.6 Å². The molecular formula is C10H13ClN2O2. The van der Waals surface area contributed by atoms with E-state index in [2.05, 4.69) is 12.2 Å². The summed E-state index contributed by atoms with van der Waals surface area (Å²) in [6.45, 7) is 2.80. The minimum atomic E-state index is -0.430. The molecule has 0 saturated carbocycles. The third-order valence-corrected chi connectivity index (χ3v) is 2.24. The Bertz CT molecular complexity index is 355. The molecule has 0 bridgehead atoms. The highest BCUT2D eigenvalue weighted by atomic mass is 35.5. The minimum absolute atomic E-state index is 0.0265. The maximum Gasteiger partial charge on any atom is 0.293 e. The van der Waals surface area contributed by atoms with Crippen LogP contribution in [-0.2, 0) is 0 Å². The second kappa shape index (κ2) is 5.56. The number of hydrogen-bond donors (Lipinski definition) is 1. The van der Waals surface area contributed by atoms with E-state index in [-0.39, 0.29) is 5.69 Å². The molecule has 0 heterocycles. The van der Waals surface area contributed by atoms with E-state index >= 15 is 0 Å². The van der Waals surface area contributed by atoms with Crippen LogP contribution in [0.15, 0.2) is 18.2 Å². The molecule has 0 aliphatic rings. The summed E-state index contributed by atoms with van der Waals surface area (Å²) in [4.78, 5) is 10.3. The number of nitro benzene ring substituents is 1. The molecule has 0 fully saturated rings. The van der Waals surface area contributed by atoms with Crippen molar-refractivity contribution < 1.29 is 4.92 Å². The second-order valence-corrected chi connectivity index (χ2v) is 3.64.